The molecule has 1 fully saturated rings. The first-order chi connectivity index (χ1) is 13.9. The molecule has 0 aromatic carbocycles. The van der Waals surface area contributed by atoms with Crippen molar-refractivity contribution in [1.82, 2.24) is 4.90 Å². The van der Waals surface area contributed by atoms with E-state index in [0.717, 1.165) is 37.6 Å². The Morgan fingerprint density at radius 3 is 2.55 bits per heavy atom. The molecule has 0 saturated carbocycles. The Balaban J connectivity index is 1.73. The van der Waals surface area contributed by atoms with E-state index in [1.165, 1.54) is 18.6 Å². The summed E-state index contributed by atoms with van der Waals surface area (Å²) in [4.78, 5) is 7.39. The zero-order valence-electron chi connectivity index (χ0n) is 18.7. The summed E-state index contributed by atoms with van der Waals surface area (Å²) in [6.07, 6.45) is 9.64. The normalized spacial score (nSPS) is 29.0. The Morgan fingerprint density at radius 1 is 1.21 bits per heavy atom. The van der Waals surface area contributed by atoms with E-state index >= 15 is 0 Å². The van der Waals surface area contributed by atoms with Crippen LogP contribution in [0.5, 0.6) is 0 Å². The zero-order chi connectivity index (χ0) is 21.0. The van der Waals surface area contributed by atoms with Crippen molar-refractivity contribution in [2.45, 2.75) is 52.2 Å². The predicted molar refractivity (Wildman–Crippen MR) is 115 cm³/mol. The van der Waals surface area contributed by atoms with Gasteiger partial charge in [-0.1, -0.05) is 13.0 Å². The Bertz CT molecular complexity index is 687. The van der Waals surface area contributed by atoms with Crippen LogP contribution in [0, 0.1) is 17.8 Å². The third-order valence-corrected chi connectivity index (χ3v) is 6.28. The van der Waals surface area contributed by atoms with Crippen LogP contribution in [0.2, 0.25) is 0 Å². The van der Waals surface area contributed by atoms with Crippen LogP contribution in [0.15, 0.2) is 40.6 Å². The highest BCUT2D eigenvalue weighted by atomic mass is 16.5. The lowest BCUT2D eigenvalue weighted by molar-refractivity contribution is -0.426. The number of hydrogen-bond donors (Lipinski definition) is 1. The molecule has 0 bridgehead atoms. The van der Waals surface area contributed by atoms with E-state index in [-0.39, 0.29) is 12.0 Å². The van der Waals surface area contributed by atoms with Gasteiger partial charge >= 0.3 is 0 Å². The SMILES string of the molecule is COC1=CC(C2=NC=CC(CN3CCC([NH3+])CC3)C2C)CC(OC)=C1OC(C)C. The second-order valence-corrected chi connectivity index (χ2v) is 8.76. The average Bonchev–Trinajstić information content (AvgIpc) is 2.71. The van der Waals surface area contributed by atoms with Crippen LogP contribution in [0.4, 0.5) is 0 Å². The topological polar surface area (TPSA) is 70.9 Å². The van der Waals surface area contributed by atoms with Crippen molar-refractivity contribution >= 4 is 5.71 Å². The third-order valence-electron chi connectivity index (χ3n) is 6.28. The molecule has 3 atom stereocenters. The largest absolute Gasteiger partial charge is 0.497 e. The number of rotatable bonds is 7. The summed E-state index contributed by atoms with van der Waals surface area (Å²) in [5, 5.41) is 0. The molecule has 6 nitrogen and oxygen atoms in total. The van der Waals surface area contributed by atoms with Crippen LogP contribution < -0.4 is 5.73 Å². The number of likely N-dealkylation sites (tertiary alicyclic amines) is 1. The maximum Gasteiger partial charge on any atom is 0.199 e. The first-order valence-corrected chi connectivity index (χ1v) is 10.9. The van der Waals surface area contributed by atoms with Gasteiger partial charge in [0.15, 0.2) is 11.5 Å². The molecular formula is C23H38N3O3+. The zero-order valence-corrected chi connectivity index (χ0v) is 18.7. The van der Waals surface area contributed by atoms with Gasteiger partial charge in [0.05, 0.1) is 26.4 Å². The van der Waals surface area contributed by atoms with Crippen LogP contribution in [-0.4, -0.2) is 56.6 Å². The minimum absolute atomic E-state index is 0.0611. The fourth-order valence-electron chi connectivity index (χ4n) is 4.50. The van der Waals surface area contributed by atoms with E-state index in [1.54, 1.807) is 14.2 Å². The molecule has 1 saturated heterocycles. The molecular weight excluding hydrogens is 366 g/mol. The van der Waals surface area contributed by atoms with Gasteiger partial charge in [-0.3, -0.25) is 4.99 Å². The van der Waals surface area contributed by atoms with Crippen LogP contribution in [-0.2, 0) is 14.2 Å². The van der Waals surface area contributed by atoms with Gasteiger partial charge in [0.25, 0.3) is 0 Å². The fourth-order valence-corrected chi connectivity index (χ4v) is 4.50. The van der Waals surface area contributed by atoms with Crippen LogP contribution in [0.3, 0.4) is 0 Å². The van der Waals surface area contributed by atoms with E-state index < -0.39 is 0 Å². The standard InChI is InChI=1S/C23H37N3O3/c1-15(2)29-23-20(27-4)12-18(13-21(23)28-5)22-16(3)17(6-9-25-22)14-26-10-7-19(24)8-11-26/h6,9,12,15-19H,7-8,10-11,13-14,24H2,1-5H3/p+1. The molecule has 162 valence electrons. The van der Waals surface area contributed by atoms with Crippen molar-refractivity contribution in [2.75, 3.05) is 33.9 Å². The molecule has 6 heteroatoms. The van der Waals surface area contributed by atoms with E-state index in [1.807, 2.05) is 20.0 Å². The average molecular weight is 405 g/mol. The summed E-state index contributed by atoms with van der Waals surface area (Å²) in [6.45, 7) is 9.73. The van der Waals surface area contributed by atoms with Gasteiger partial charge in [-0.05, 0) is 25.8 Å². The third kappa shape index (κ3) is 5.23. The molecule has 2 aliphatic heterocycles. The van der Waals surface area contributed by atoms with E-state index in [9.17, 15) is 0 Å². The van der Waals surface area contributed by atoms with Gasteiger partial charge in [0.1, 0.15) is 5.76 Å². The van der Waals surface area contributed by atoms with Crippen molar-refractivity contribution in [2.24, 2.45) is 22.7 Å². The Labute approximate surface area is 175 Å². The Morgan fingerprint density at radius 2 is 1.93 bits per heavy atom. The number of hydrogen-bond acceptors (Lipinski definition) is 5. The molecule has 0 aromatic heterocycles. The van der Waals surface area contributed by atoms with Crippen molar-refractivity contribution in [1.29, 1.82) is 0 Å². The summed E-state index contributed by atoms with van der Waals surface area (Å²) in [6, 6.07) is 0.615. The highest BCUT2D eigenvalue weighted by Crippen LogP contribution is 2.36. The number of nitrogens with zero attached hydrogens (tertiary/aromatic N) is 2. The minimum Gasteiger partial charge on any atom is -0.497 e. The maximum atomic E-state index is 5.99. The molecule has 1 aliphatic carbocycles. The van der Waals surface area contributed by atoms with Gasteiger partial charge in [-0.15, -0.1) is 0 Å². The summed E-state index contributed by atoms with van der Waals surface area (Å²) >= 11 is 0. The Kier molecular flexibility index (Phi) is 7.41. The second kappa shape index (κ2) is 9.81. The molecule has 0 aromatic rings. The lowest BCUT2D eigenvalue weighted by atomic mass is 9.79. The molecule has 2 heterocycles. The molecule has 29 heavy (non-hydrogen) atoms. The van der Waals surface area contributed by atoms with Crippen molar-refractivity contribution in [3.63, 3.8) is 0 Å². The predicted octanol–water partition coefficient (Wildman–Crippen LogP) is 2.75. The molecule has 3 unspecified atom stereocenters. The minimum atomic E-state index is 0.0611. The molecule has 3 rings (SSSR count). The van der Waals surface area contributed by atoms with Gasteiger partial charge < -0.3 is 24.8 Å². The fraction of sp³-hybridized carbons (Fsp3) is 0.696. The van der Waals surface area contributed by atoms with Gasteiger partial charge in [-0.25, -0.2) is 0 Å². The number of ether oxygens (including phenoxy) is 3. The van der Waals surface area contributed by atoms with Crippen LogP contribution >= 0.6 is 0 Å². The lowest BCUT2D eigenvalue weighted by Gasteiger charge is -2.36. The van der Waals surface area contributed by atoms with Crippen LogP contribution in [0.25, 0.3) is 0 Å². The number of piperidine rings is 1. The first kappa shape index (κ1) is 21.9. The van der Waals surface area contributed by atoms with Crippen LogP contribution in [0.1, 0.15) is 40.0 Å². The first-order valence-electron chi connectivity index (χ1n) is 10.9. The number of aliphatic imine (C=N–C) groups is 1. The Hall–Kier alpha value is -1.79. The summed E-state index contributed by atoms with van der Waals surface area (Å²) < 4.78 is 17.3. The second-order valence-electron chi connectivity index (χ2n) is 8.76. The highest BCUT2D eigenvalue weighted by Gasteiger charge is 2.34. The molecule has 0 radical (unpaired) electrons. The molecule has 0 spiro atoms. The van der Waals surface area contributed by atoms with Gasteiger partial charge in [0.2, 0.25) is 0 Å². The number of methoxy groups -OCH3 is 2. The molecule has 3 N–H and O–H groups in total. The van der Waals surface area contributed by atoms with Crippen molar-refractivity contribution in [3.8, 4) is 0 Å². The van der Waals surface area contributed by atoms with E-state index in [2.05, 4.69) is 29.7 Å². The highest BCUT2D eigenvalue weighted by molar-refractivity contribution is 5.92. The van der Waals surface area contributed by atoms with Crippen molar-refractivity contribution < 1.29 is 19.9 Å². The smallest absolute Gasteiger partial charge is 0.199 e. The molecule has 0 amide bonds. The monoisotopic (exact) mass is 404 g/mol. The van der Waals surface area contributed by atoms with E-state index in [4.69, 9.17) is 19.2 Å². The summed E-state index contributed by atoms with van der Waals surface area (Å²) in [7, 11) is 3.39. The quantitative estimate of drug-likeness (QED) is 0.708. The van der Waals surface area contributed by atoms with Crippen molar-refractivity contribution in [3.05, 3.63) is 35.6 Å². The maximum absolute atomic E-state index is 5.99. The van der Waals surface area contributed by atoms with Gasteiger partial charge in [-0.2, -0.15) is 0 Å². The lowest BCUT2D eigenvalue weighted by Crippen LogP contribution is -2.64. The number of quaternary nitrogens is 1. The summed E-state index contributed by atoms with van der Waals surface area (Å²) in [5.74, 6) is 3.31. The van der Waals surface area contributed by atoms with E-state index in [0.29, 0.717) is 23.6 Å². The van der Waals surface area contributed by atoms with Gasteiger partial charge in [0, 0.05) is 62.6 Å². The number of allylic oxidation sites excluding steroid dienone is 2. The molecule has 3 aliphatic rings. The summed E-state index contributed by atoms with van der Waals surface area (Å²) in [5.41, 5.74) is 5.42.